The van der Waals surface area contributed by atoms with Gasteiger partial charge in [0.05, 0.1) is 0 Å². The minimum atomic E-state index is 0.00535. The van der Waals surface area contributed by atoms with E-state index in [1.54, 1.807) is 4.52 Å². The van der Waals surface area contributed by atoms with Crippen LogP contribution in [-0.2, 0) is 16.6 Å². The highest BCUT2D eigenvalue weighted by molar-refractivity contribution is 6.30. The summed E-state index contributed by atoms with van der Waals surface area (Å²) in [5.41, 5.74) is 2.30. The van der Waals surface area contributed by atoms with Gasteiger partial charge in [-0.3, -0.25) is 0 Å². The molecule has 1 saturated heterocycles. The van der Waals surface area contributed by atoms with E-state index >= 15 is 0 Å². The molecule has 0 bridgehead atoms. The van der Waals surface area contributed by atoms with Crippen LogP contribution in [0, 0.1) is 0 Å². The molecule has 7 heteroatoms. The van der Waals surface area contributed by atoms with Crippen LogP contribution in [0.15, 0.2) is 36.7 Å². The van der Waals surface area contributed by atoms with Gasteiger partial charge in [-0.05, 0) is 37.0 Å². The van der Waals surface area contributed by atoms with Crippen molar-refractivity contribution in [1.82, 2.24) is 19.6 Å². The zero-order valence-corrected chi connectivity index (χ0v) is 15.5. The first-order valence-electron chi connectivity index (χ1n) is 8.97. The van der Waals surface area contributed by atoms with Gasteiger partial charge in [-0.2, -0.15) is 14.6 Å². The second-order valence-electron chi connectivity index (χ2n) is 6.71. The van der Waals surface area contributed by atoms with Crippen molar-refractivity contribution in [2.75, 3.05) is 25.1 Å². The number of ether oxygens (including phenoxy) is 1. The van der Waals surface area contributed by atoms with Crippen molar-refractivity contribution in [3.05, 3.63) is 52.9 Å². The fraction of sp³-hybridized carbons (Fsp3) is 0.421. The summed E-state index contributed by atoms with van der Waals surface area (Å²) < 4.78 is 7.38. The van der Waals surface area contributed by atoms with Crippen molar-refractivity contribution < 1.29 is 4.74 Å². The van der Waals surface area contributed by atoms with Crippen LogP contribution >= 0.6 is 11.6 Å². The molecule has 3 heterocycles. The van der Waals surface area contributed by atoms with Gasteiger partial charge in [0.25, 0.3) is 5.78 Å². The summed E-state index contributed by atoms with van der Waals surface area (Å²) in [6, 6.07) is 10.2. The van der Waals surface area contributed by atoms with Crippen LogP contribution in [0.1, 0.15) is 31.0 Å². The van der Waals surface area contributed by atoms with E-state index in [0.29, 0.717) is 5.78 Å². The number of benzene rings is 1. The number of rotatable bonds is 5. The van der Waals surface area contributed by atoms with Crippen LogP contribution in [0.4, 0.5) is 5.82 Å². The van der Waals surface area contributed by atoms with E-state index < -0.39 is 0 Å². The standard InChI is InChI=1S/C19H22ClN5O/c1-2-16-11-17(25-18(24-16)22-13-23-25)21-12-19(7-9-26-10-8-19)14-3-5-15(20)6-4-14/h3-6,11,13,21H,2,7-10,12H2,1H3. The van der Waals surface area contributed by atoms with Gasteiger partial charge in [0.15, 0.2) is 0 Å². The summed E-state index contributed by atoms with van der Waals surface area (Å²) in [4.78, 5) is 8.74. The lowest BCUT2D eigenvalue weighted by molar-refractivity contribution is 0.0543. The molecule has 0 radical (unpaired) electrons. The fourth-order valence-electron chi connectivity index (χ4n) is 3.56. The third-order valence-electron chi connectivity index (χ3n) is 5.18. The molecule has 0 spiro atoms. The Morgan fingerprint density at radius 1 is 1.23 bits per heavy atom. The number of anilines is 1. The Morgan fingerprint density at radius 2 is 2.00 bits per heavy atom. The van der Waals surface area contributed by atoms with E-state index in [1.165, 1.54) is 11.9 Å². The summed E-state index contributed by atoms with van der Waals surface area (Å²) in [6.07, 6.45) is 4.33. The molecule has 1 aliphatic rings. The topological polar surface area (TPSA) is 64.3 Å². The molecule has 1 aromatic carbocycles. The minimum Gasteiger partial charge on any atom is -0.381 e. The van der Waals surface area contributed by atoms with E-state index in [9.17, 15) is 0 Å². The Morgan fingerprint density at radius 3 is 2.73 bits per heavy atom. The number of halogens is 1. The average molecular weight is 372 g/mol. The van der Waals surface area contributed by atoms with Crippen molar-refractivity contribution in [2.24, 2.45) is 0 Å². The Hall–Kier alpha value is -2.18. The molecule has 0 amide bonds. The van der Waals surface area contributed by atoms with Crippen LogP contribution < -0.4 is 5.32 Å². The Kier molecular flexibility index (Phi) is 4.78. The van der Waals surface area contributed by atoms with Crippen LogP contribution in [0.5, 0.6) is 0 Å². The lowest BCUT2D eigenvalue weighted by Gasteiger charge is -2.38. The summed E-state index contributed by atoms with van der Waals surface area (Å²) in [7, 11) is 0. The summed E-state index contributed by atoms with van der Waals surface area (Å²) in [5, 5.41) is 8.67. The molecule has 136 valence electrons. The number of nitrogens with one attached hydrogen (secondary N) is 1. The normalized spacial score (nSPS) is 16.7. The van der Waals surface area contributed by atoms with E-state index in [-0.39, 0.29) is 5.41 Å². The van der Waals surface area contributed by atoms with Crippen LogP contribution in [-0.4, -0.2) is 39.3 Å². The molecule has 2 aromatic heterocycles. The third-order valence-corrected chi connectivity index (χ3v) is 5.43. The van der Waals surface area contributed by atoms with Crippen LogP contribution in [0.3, 0.4) is 0 Å². The quantitative estimate of drug-likeness (QED) is 0.743. The number of aromatic nitrogens is 4. The molecule has 26 heavy (non-hydrogen) atoms. The molecular weight excluding hydrogens is 350 g/mol. The predicted octanol–water partition coefficient (Wildman–Crippen LogP) is 3.50. The first-order chi connectivity index (χ1) is 12.7. The van der Waals surface area contributed by atoms with Gasteiger partial charge in [0, 0.05) is 42.0 Å². The summed E-state index contributed by atoms with van der Waals surface area (Å²) in [6.45, 7) is 4.41. The largest absolute Gasteiger partial charge is 0.381 e. The van der Waals surface area contributed by atoms with Gasteiger partial charge in [-0.1, -0.05) is 30.7 Å². The van der Waals surface area contributed by atoms with Gasteiger partial charge in [0.2, 0.25) is 0 Å². The molecule has 0 atom stereocenters. The number of aryl methyl sites for hydroxylation is 1. The molecule has 0 unspecified atom stereocenters. The molecule has 0 aliphatic carbocycles. The molecule has 1 fully saturated rings. The number of nitrogens with zero attached hydrogens (tertiary/aromatic N) is 4. The maximum absolute atomic E-state index is 6.09. The van der Waals surface area contributed by atoms with E-state index in [4.69, 9.17) is 16.3 Å². The predicted molar refractivity (Wildman–Crippen MR) is 102 cm³/mol. The highest BCUT2D eigenvalue weighted by atomic mass is 35.5. The van der Waals surface area contributed by atoms with E-state index in [2.05, 4.69) is 45.5 Å². The maximum Gasteiger partial charge on any atom is 0.254 e. The molecule has 3 aromatic rings. The monoisotopic (exact) mass is 371 g/mol. The van der Waals surface area contributed by atoms with Crippen LogP contribution in [0.25, 0.3) is 5.78 Å². The lowest BCUT2D eigenvalue weighted by atomic mass is 9.74. The highest BCUT2D eigenvalue weighted by Crippen LogP contribution is 2.35. The molecule has 1 N–H and O–H groups in total. The Bertz CT molecular complexity index is 887. The van der Waals surface area contributed by atoms with Crippen molar-refractivity contribution in [1.29, 1.82) is 0 Å². The van der Waals surface area contributed by atoms with Crippen molar-refractivity contribution >= 4 is 23.2 Å². The molecule has 6 nitrogen and oxygen atoms in total. The summed E-state index contributed by atoms with van der Waals surface area (Å²) in [5.74, 6) is 1.54. The molecule has 4 rings (SSSR count). The minimum absolute atomic E-state index is 0.00535. The average Bonchev–Trinajstić information content (AvgIpc) is 3.16. The van der Waals surface area contributed by atoms with Crippen molar-refractivity contribution in [2.45, 2.75) is 31.6 Å². The molecule has 0 saturated carbocycles. The van der Waals surface area contributed by atoms with E-state index in [0.717, 1.165) is 55.6 Å². The first-order valence-corrected chi connectivity index (χ1v) is 9.35. The molecular formula is C19H22ClN5O. The van der Waals surface area contributed by atoms with Crippen LogP contribution in [0.2, 0.25) is 5.02 Å². The lowest BCUT2D eigenvalue weighted by Crippen LogP contribution is -2.40. The van der Waals surface area contributed by atoms with Crippen molar-refractivity contribution in [3.8, 4) is 0 Å². The Balaban J connectivity index is 1.65. The number of hydrogen-bond acceptors (Lipinski definition) is 5. The van der Waals surface area contributed by atoms with Gasteiger partial charge in [0.1, 0.15) is 12.1 Å². The van der Waals surface area contributed by atoms with Gasteiger partial charge >= 0.3 is 0 Å². The van der Waals surface area contributed by atoms with E-state index in [1.807, 2.05) is 12.1 Å². The van der Waals surface area contributed by atoms with Crippen molar-refractivity contribution in [3.63, 3.8) is 0 Å². The third kappa shape index (κ3) is 3.27. The molecule has 1 aliphatic heterocycles. The smallest absolute Gasteiger partial charge is 0.254 e. The second-order valence-corrected chi connectivity index (χ2v) is 7.15. The fourth-order valence-corrected chi connectivity index (χ4v) is 3.69. The van der Waals surface area contributed by atoms with Gasteiger partial charge in [-0.25, -0.2) is 4.98 Å². The number of hydrogen-bond donors (Lipinski definition) is 1. The zero-order chi connectivity index (χ0) is 18.0. The Labute approximate surface area is 157 Å². The number of fused-ring (bicyclic) bond motifs is 1. The highest BCUT2D eigenvalue weighted by Gasteiger charge is 2.34. The zero-order valence-electron chi connectivity index (χ0n) is 14.8. The van der Waals surface area contributed by atoms with Gasteiger partial charge < -0.3 is 10.1 Å². The second kappa shape index (κ2) is 7.21. The maximum atomic E-state index is 6.09. The van der Waals surface area contributed by atoms with Gasteiger partial charge in [-0.15, -0.1) is 0 Å². The first kappa shape index (κ1) is 17.2. The summed E-state index contributed by atoms with van der Waals surface area (Å²) >= 11 is 6.09. The SMILES string of the molecule is CCc1cc(NCC2(c3ccc(Cl)cc3)CCOCC2)n2ncnc2n1.